The van der Waals surface area contributed by atoms with Crippen LogP contribution in [-0.2, 0) is 16.1 Å². The van der Waals surface area contributed by atoms with Crippen molar-refractivity contribution in [3.8, 4) is 11.1 Å². The smallest absolute Gasteiger partial charge is 0.312 e. The number of aliphatic hydroxyl groups is 1. The van der Waals surface area contributed by atoms with Crippen molar-refractivity contribution >= 4 is 23.0 Å². The fourth-order valence-electron chi connectivity index (χ4n) is 15.4. The van der Waals surface area contributed by atoms with Crippen LogP contribution < -0.4 is 9.47 Å². The fraction of sp³-hybridized carbons (Fsp3) is 0.544. The predicted molar refractivity (Wildman–Crippen MR) is 252 cm³/mol. The monoisotopic (exact) mass is 834 g/mol. The Morgan fingerprint density at radius 1 is 0.694 bits per heavy atom. The van der Waals surface area contributed by atoms with Crippen molar-refractivity contribution in [3.05, 3.63) is 122 Å². The van der Waals surface area contributed by atoms with Crippen LogP contribution in [0.5, 0.6) is 0 Å². The number of rotatable bonds is 11. The Bertz CT molecular complexity index is 2180. The number of allylic oxidation sites excluding steroid dienone is 1. The highest BCUT2D eigenvalue weighted by molar-refractivity contribution is 5.79. The number of aromatic nitrogens is 1. The van der Waals surface area contributed by atoms with Crippen LogP contribution >= 0.6 is 0 Å². The molecule has 5 saturated carbocycles. The molecule has 5 heteroatoms. The summed E-state index contributed by atoms with van der Waals surface area (Å²) in [7, 11) is 0. The van der Waals surface area contributed by atoms with E-state index in [1.54, 1.807) is 0 Å². The Morgan fingerprint density at radius 2 is 1.32 bits per heavy atom. The second-order valence-electron chi connectivity index (χ2n) is 21.9. The minimum absolute atomic E-state index is 0.0405. The van der Waals surface area contributed by atoms with Gasteiger partial charge in [0.05, 0.1) is 18.1 Å². The van der Waals surface area contributed by atoms with Gasteiger partial charge in [-0.3, -0.25) is 4.79 Å². The van der Waals surface area contributed by atoms with Gasteiger partial charge in [-0.25, -0.2) is 4.57 Å². The van der Waals surface area contributed by atoms with Gasteiger partial charge in [-0.05, 0) is 176 Å². The normalized spacial score (nSPS) is 34.5. The van der Waals surface area contributed by atoms with E-state index in [0.29, 0.717) is 36.2 Å². The second kappa shape index (κ2) is 16.4. The molecule has 4 aromatic rings. The molecule has 5 nitrogen and oxygen atoms in total. The first-order chi connectivity index (χ1) is 29.7. The SMILES string of the molecule is C=C(C)[C@@H]1CC[C@]2(C(=O)OCCCC[n+]3ccc(-c4ccc(N(c5ccccc5)c5ccccc5)cc4)cc3)CC[C@]3(C)[C@H](CC[C@@H]4[C@@]5(C)CC[C@H](O)C(C)(C)[C@@H]5CC[C@]43C)[C@@H]12. The minimum Gasteiger partial charge on any atom is -0.465 e. The number of hydrogen-bond donors (Lipinski definition) is 1. The predicted octanol–water partition coefficient (Wildman–Crippen LogP) is 13.5. The van der Waals surface area contributed by atoms with E-state index in [9.17, 15) is 9.90 Å². The molecule has 62 heavy (non-hydrogen) atoms. The van der Waals surface area contributed by atoms with Crippen LogP contribution in [0.3, 0.4) is 0 Å². The number of benzene rings is 3. The molecule has 0 radical (unpaired) electrons. The van der Waals surface area contributed by atoms with Crippen molar-refractivity contribution in [1.82, 2.24) is 0 Å². The molecular formula is C57H73N2O3+. The van der Waals surface area contributed by atoms with Gasteiger partial charge in [0.1, 0.15) is 6.54 Å². The van der Waals surface area contributed by atoms with E-state index in [1.165, 1.54) is 42.4 Å². The molecule has 0 aliphatic heterocycles. The summed E-state index contributed by atoms with van der Waals surface area (Å²) in [6, 6.07) is 34.3. The summed E-state index contributed by atoms with van der Waals surface area (Å²) < 4.78 is 8.62. The second-order valence-corrected chi connectivity index (χ2v) is 21.9. The summed E-state index contributed by atoms with van der Waals surface area (Å²) in [6.45, 7) is 20.8. The van der Waals surface area contributed by atoms with Crippen molar-refractivity contribution in [1.29, 1.82) is 0 Å². The van der Waals surface area contributed by atoms with Crippen molar-refractivity contribution in [2.45, 2.75) is 131 Å². The van der Waals surface area contributed by atoms with Crippen LogP contribution in [0.1, 0.15) is 119 Å². The molecule has 1 aromatic heterocycles. The highest BCUT2D eigenvalue weighted by Gasteiger charge is 2.72. The van der Waals surface area contributed by atoms with E-state index in [4.69, 9.17) is 4.74 Å². The van der Waals surface area contributed by atoms with Crippen LogP contribution in [-0.4, -0.2) is 23.8 Å². The number of carbonyl (C=O) groups is 1. The van der Waals surface area contributed by atoms with Gasteiger partial charge >= 0.3 is 5.97 Å². The lowest BCUT2D eigenvalue weighted by molar-refractivity contribution is -0.697. The molecule has 0 amide bonds. The molecule has 5 fully saturated rings. The highest BCUT2D eigenvalue weighted by Crippen LogP contribution is 2.77. The highest BCUT2D eigenvalue weighted by atomic mass is 16.5. The number of esters is 1. The Labute approximate surface area is 373 Å². The van der Waals surface area contributed by atoms with E-state index in [0.717, 1.165) is 75.0 Å². The Hall–Kier alpha value is -4.22. The average molecular weight is 834 g/mol. The summed E-state index contributed by atoms with van der Waals surface area (Å²) in [5.74, 6) is 2.51. The van der Waals surface area contributed by atoms with E-state index in [1.807, 2.05) is 0 Å². The summed E-state index contributed by atoms with van der Waals surface area (Å²) in [5.41, 5.74) is 7.26. The van der Waals surface area contributed by atoms with Crippen LogP contribution in [0.4, 0.5) is 17.1 Å². The average Bonchev–Trinajstić information content (AvgIpc) is 3.68. The lowest BCUT2D eigenvalue weighted by Crippen LogP contribution is -2.67. The first-order valence-corrected chi connectivity index (χ1v) is 24.2. The maximum atomic E-state index is 14.6. The molecule has 1 N–H and O–H groups in total. The third-order valence-electron chi connectivity index (χ3n) is 18.9. The number of unbranched alkanes of at least 4 members (excludes halogenated alkanes) is 1. The molecule has 3 aromatic carbocycles. The van der Waals surface area contributed by atoms with Crippen LogP contribution in [0.25, 0.3) is 11.1 Å². The van der Waals surface area contributed by atoms with Gasteiger partial charge in [0.25, 0.3) is 0 Å². The molecule has 5 aliphatic carbocycles. The Morgan fingerprint density at radius 3 is 1.97 bits per heavy atom. The maximum absolute atomic E-state index is 14.6. The first-order valence-electron chi connectivity index (χ1n) is 24.2. The third-order valence-corrected chi connectivity index (χ3v) is 18.9. The number of aliphatic hydroxyl groups excluding tert-OH is 1. The summed E-state index contributed by atoms with van der Waals surface area (Å²) >= 11 is 0. The molecule has 0 saturated heterocycles. The molecule has 0 bridgehead atoms. The molecule has 0 spiro atoms. The van der Waals surface area contributed by atoms with Crippen molar-refractivity contribution in [2.75, 3.05) is 11.5 Å². The largest absolute Gasteiger partial charge is 0.465 e. The van der Waals surface area contributed by atoms with Gasteiger partial charge in [-0.2, -0.15) is 0 Å². The van der Waals surface area contributed by atoms with E-state index in [2.05, 4.69) is 167 Å². The van der Waals surface area contributed by atoms with Gasteiger partial charge in [-0.1, -0.05) is 95.3 Å². The maximum Gasteiger partial charge on any atom is 0.312 e. The molecule has 328 valence electrons. The van der Waals surface area contributed by atoms with Crippen molar-refractivity contribution < 1.29 is 19.2 Å². The number of para-hydroxylation sites is 2. The molecular weight excluding hydrogens is 761 g/mol. The lowest BCUT2D eigenvalue weighted by Gasteiger charge is -2.72. The zero-order valence-electron chi connectivity index (χ0n) is 38.6. The first kappa shape index (κ1) is 43.1. The zero-order valence-corrected chi connectivity index (χ0v) is 38.6. The minimum atomic E-state index is -0.390. The Balaban J connectivity index is 0.824. The molecule has 1 heterocycles. The molecule has 5 aliphatic rings. The lowest BCUT2D eigenvalue weighted by atomic mass is 9.32. The van der Waals surface area contributed by atoms with Crippen LogP contribution in [0.2, 0.25) is 0 Å². The zero-order chi connectivity index (χ0) is 43.5. The fourth-order valence-corrected chi connectivity index (χ4v) is 15.4. The topological polar surface area (TPSA) is 53.7 Å². The number of carbonyl (C=O) groups excluding carboxylic acids is 1. The van der Waals surface area contributed by atoms with Crippen molar-refractivity contribution in [3.63, 3.8) is 0 Å². The number of hydrogen-bond acceptors (Lipinski definition) is 4. The Kier molecular flexibility index (Phi) is 11.4. The van der Waals surface area contributed by atoms with Crippen molar-refractivity contribution in [2.24, 2.45) is 56.7 Å². The number of pyridine rings is 1. The molecule has 10 atom stereocenters. The van der Waals surface area contributed by atoms with Gasteiger partial charge in [0.2, 0.25) is 0 Å². The van der Waals surface area contributed by atoms with Crippen LogP contribution in [0.15, 0.2) is 122 Å². The summed E-state index contributed by atoms with van der Waals surface area (Å²) in [5, 5.41) is 11.2. The number of anilines is 3. The third kappa shape index (κ3) is 6.99. The number of ether oxygens (including phenoxy) is 1. The number of fused-ring (bicyclic) bond motifs is 7. The van der Waals surface area contributed by atoms with Gasteiger partial charge in [0, 0.05) is 35.6 Å². The number of aryl methyl sites for hydroxylation is 1. The van der Waals surface area contributed by atoms with E-state index >= 15 is 0 Å². The van der Waals surface area contributed by atoms with Gasteiger partial charge < -0.3 is 14.7 Å². The summed E-state index contributed by atoms with van der Waals surface area (Å²) in [6.07, 6.45) is 17.0. The number of nitrogens with zero attached hydrogens (tertiary/aromatic N) is 2. The molecule has 9 rings (SSSR count). The standard InChI is InChI=1S/C57H73N2O3/c1-40(2)46-26-33-57(35-34-55(6)47(51(46)57)24-25-49-54(5)31-28-50(60)53(3,4)48(54)27-32-56(49,55)7)52(61)62-39-15-14-36-58-37-29-42(30-38-58)41-20-22-45(23-21-41)59(43-16-10-8-11-17-43)44-18-12-9-13-19-44/h8-13,16-23,29-30,37-38,46-51,60H,1,14-15,24-28,31-36,39H2,2-7H3/q+1/t46-,47+,48-,49+,50-,51+,54-,55+,56+,57-/m0/s1. The van der Waals surface area contributed by atoms with Gasteiger partial charge in [-0.15, -0.1) is 0 Å². The van der Waals surface area contributed by atoms with Gasteiger partial charge in [0.15, 0.2) is 12.4 Å². The van der Waals surface area contributed by atoms with Crippen LogP contribution in [0, 0.1) is 56.7 Å². The quantitative estimate of drug-likeness (QED) is 0.0708. The van der Waals surface area contributed by atoms with E-state index < -0.39 is 0 Å². The summed E-state index contributed by atoms with van der Waals surface area (Å²) in [4.78, 5) is 16.9. The van der Waals surface area contributed by atoms with E-state index in [-0.39, 0.29) is 39.1 Å². The molecule has 0 unspecified atom stereocenters.